The molecule has 5 nitrogen and oxygen atoms in total. The van der Waals surface area contributed by atoms with E-state index in [9.17, 15) is 4.79 Å². The van der Waals surface area contributed by atoms with E-state index < -0.39 is 0 Å². The molecule has 138 valence electrons. The summed E-state index contributed by atoms with van der Waals surface area (Å²) in [5.41, 5.74) is 5.29. The minimum atomic E-state index is -0.0442. The largest absolute Gasteiger partial charge is 0.497 e. The van der Waals surface area contributed by atoms with Gasteiger partial charge in [0.25, 0.3) is 0 Å². The number of carbonyl (C=O) groups is 1. The van der Waals surface area contributed by atoms with E-state index in [0.29, 0.717) is 17.1 Å². The van der Waals surface area contributed by atoms with Crippen LogP contribution in [0.25, 0.3) is 17.3 Å². The molecule has 2 aromatic carbocycles. The van der Waals surface area contributed by atoms with Gasteiger partial charge in [0.1, 0.15) is 11.5 Å². The predicted octanol–water partition coefficient (Wildman–Crippen LogP) is 4.61. The number of rotatable bonds is 6. The van der Waals surface area contributed by atoms with E-state index in [0.717, 1.165) is 22.5 Å². The third-order valence-electron chi connectivity index (χ3n) is 4.45. The van der Waals surface area contributed by atoms with Crippen molar-refractivity contribution < 1.29 is 14.3 Å². The van der Waals surface area contributed by atoms with Gasteiger partial charge in [0.2, 0.25) is 0 Å². The molecule has 0 saturated carbocycles. The van der Waals surface area contributed by atoms with Crippen molar-refractivity contribution in [3.8, 4) is 22.8 Å². The number of aryl methyl sites for hydroxylation is 2. The van der Waals surface area contributed by atoms with E-state index in [-0.39, 0.29) is 5.78 Å². The number of hydrogen-bond acceptors (Lipinski definition) is 4. The van der Waals surface area contributed by atoms with Crippen LogP contribution in [0.5, 0.6) is 11.5 Å². The Kier molecular flexibility index (Phi) is 5.41. The van der Waals surface area contributed by atoms with Gasteiger partial charge in [-0.3, -0.25) is 9.89 Å². The van der Waals surface area contributed by atoms with Crippen molar-refractivity contribution in [3.05, 3.63) is 70.9 Å². The summed E-state index contributed by atoms with van der Waals surface area (Å²) in [4.78, 5) is 12.4. The summed E-state index contributed by atoms with van der Waals surface area (Å²) < 4.78 is 10.6. The number of ketones is 1. The van der Waals surface area contributed by atoms with E-state index in [1.807, 2.05) is 50.2 Å². The zero-order chi connectivity index (χ0) is 19.4. The number of ether oxygens (including phenoxy) is 2. The minimum Gasteiger partial charge on any atom is -0.497 e. The lowest BCUT2D eigenvalue weighted by Gasteiger charge is -2.06. The summed E-state index contributed by atoms with van der Waals surface area (Å²) in [5, 5.41) is 7.25. The van der Waals surface area contributed by atoms with Gasteiger partial charge in [0.15, 0.2) is 5.78 Å². The fourth-order valence-corrected chi connectivity index (χ4v) is 2.68. The summed E-state index contributed by atoms with van der Waals surface area (Å²) in [6.45, 7) is 4.03. The van der Waals surface area contributed by atoms with E-state index >= 15 is 0 Å². The molecule has 1 N–H and O–H groups in total. The first-order valence-electron chi connectivity index (χ1n) is 8.58. The quantitative estimate of drug-likeness (QED) is 0.514. The van der Waals surface area contributed by atoms with Gasteiger partial charge in [-0.15, -0.1) is 0 Å². The first kappa shape index (κ1) is 18.5. The molecule has 27 heavy (non-hydrogen) atoms. The molecule has 5 heteroatoms. The van der Waals surface area contributed by atoms with Crippen LogP contribution in [-0.2, 0) is 0 Å². The molecule has 3 rings (SSSR count). The second-order valence-corrected chi connectivity index (χ2v) is 6.31. The predicted molar refractivity (Wildman–Crippen MR) is 106 cm³/mol. The Morgan fingerprint density at radius 2 is 1.67 bits per heavy atom. The molecule has 0 radical (unpaired) electrons. The maximum atomic E-state index is 12.4. The molecule has 0 aliphatic carbocycles. The molecule has 0 fully saturated rings. The van der Waals surface area contributed by atoms with Crippen LogP contribution in [0.1, 0.15) is 27.2 Å². The Morgan fingerprint density at radius 3 is 2.30 bits per heavy atom. The molecule has 1 aromatic heterocycles. The molecule has 0 saturated heterocycles. The average molecular weight is 362 g/mol. The number of methoxy groups -OCH3 is 2. The number of allylic oxidation sites excluding steroid dienone is 1. The first-order valence-corrected chi connectivity index (χ1v) is 8.58. The van der Waals surface area contributed by atoms with Crippen molar-refractivity contribution in [2.45, 2.75) is 13.8 Å². The molecule has 3 aromatic rings. The number of aromatic nitrogens is 2. The van der Waals surface area contributed by atoms with Crippen molar-refractivity contribution in [2.75, 3.05) is 14.2 Å². The van der Waals surface area contributed by atoms with Gasteiger partial charge in [-0.2, -0.15) is 5.10 Å². The number of aromatic amines is 1. The fraction of sp³-hybridized carbons (Fsp3) is 0.182. The Hall–Kier alpha value is -3.34. The zero-order valence-electron chi connectivity index (χ0n) is 15.9. The lowest BCUT2D eigenvalue weighted by Crippen LogP contribution is -1.95. The summed E-state index contributed by atoms with van der Waals surface area (Å²) in [5.74, 6) is 1.33. The van der Waals surface area contributed by atoms with Crippen LogP contribution in [0.2, 0.25) is 0 Å². The highest BCUT2D eigenvalue weighted by molar-refractivity contribution is 6.06. The summed E-state index contributed by atoms with van der Waals surface area (Å²) >= 11 is 0. The van der Waals surface area contributed by atoms with Crippen LogP contribution in [0.15, 0.2) is 48.5 Å². The van der Waals surface area contributed by atoms with Crippen molar-refractivity contribution >= 4 is 11.9 Å². The fourth-order valence-electron chi connectivity index (χ4n) is 2.68. The van der Waals surface area contributed by atoms with Crippen LogP contribution in [0, 0.1) is 13.8 Å². The molecule has 1 heterocycles. The number of nitrogens with zero attached hydrogens (tertiary/aromatic N) is 1. The maximum absolute atomic E-state index is 12.4. The van der Waals surface area contributed by atoms with Gasteiger partial charge < -0.3 is 9.47 Å². The van der Waals surface area contributed by atoms with Crippen LogP contribution in [0.4, 0.5) is 0 Å². The number of H-pyrrole nitrogens is 1. The lowest BCUT2D eigenvalue weighted by molar-refractivity contribution is 0.104. The van der Waals surface area contributed by atoms with Crippen LogP contribution in [0.3, 0.4) is 0 Å². The van der Waals surface area contributed by atoms with Crippen molar-refractivity contribution in [2.24, 2.45) is 0 Å². The van der Waals surface area contributed by atoms with Crippen LogP contribution < -0.4 is 9.47 Å². The summed E-state index contributed by atoms with van der Waals surface area (Å²) in [7, 11) is 3.21. The highest BCUT2D eigenvalue weighted by Gasteiger charge is 2.08. The topological polar surface area (TPSA) is 64.2 Å². The maximum Gasteiger partial charge on any atom is 0.185 e. The average Bonchev–Trinajstić information content (AvgIpc) is 3.16. The third-order valence-corrected chi connectivity index (χ3v) is 4.45. The van der Waals surface area contributed by atoms with Gasteiger partial charge in [0.05, 0.1) is 25.6 Å². The van der Waals surface area contributed by atoms with Crippen molar-refractivity contribution in [3.63, 3.8) is 0 Å². The van der Waals surface area contributed by atoms with Gasteiger partial charge in [-0.25, -0.2) is 0 Å². The Morgan fingerprint density at radius 1 is 0.963 bits per heavy atom. The summed E-state index contributed by atoms with van der Waals surface area (Å²) in [6, 6.07) is 13.1. The van der Waals surface area contributed by atoms with Gasteiger partial charge in [-0.05, 0) is 61.4 Å². The van der Waals surface area contributed by atoms with Gasteiger partial charge >= 0.3 is 0 Å². The molecule has 0 bridgehead atoms. The highest BCUT2D eigenvalue weighted by Crippen LogP contribution is 2.29. The number of hydrogen-bond donors (Lipinski definition) is 1. The minimum absolute atomic E-state index is 0.0442. The summed E-state index contributed by atoms with van der Waals surface area (Å²) in [6.07, 6.45) is 3.28. The van der Waals surface area contributed by atoms with Crippen molar-refractivity contribution in [1.82, 2.24) is 10.2 Å². The van der Waals surface area contributed by atoms with E-state index in [4.69, 9.17) is 9.47 Å². The number of benzene rings is 2. The van der Waals surface area contributed by atoms with Crippen LogP contribution in [-0.4, -0.2) is 30.2 Å². The van der Waals surface area contributed by atoms with Crippen molar-refractivity contribution in [1.29, 1.82) is 0 Å². The smallest absolute Gasteiger partial charge is 0.185 e. The molecular weight excluding hydrogens is 340 g/mol. The molecule has 0 atom stereocenters. The van der Waals surface area contributed by atoms with Crippen LogP contribution >= 0.6 is 0 Å². The Labute approximate surface area is 158 Å². The SMILES string of the molecule is COc1cc(OC)cc(-c2cc(/C=C/C(=O)c3ccc(C)c(C)c3)[nH]n2)c1. The number of nitrogens with one attached hydrogen (secondary N) is 1. The Bertz CT molecular complexity index is 980. The highest BCUT2D eigenvalue weighted by atomic mass is 16.5. The zero-order valence-corrected chi connectivity index (χ0v) is 15.9. The molecule has 0 amide bonds. The monoisotopic (exact) mass is 362 g/mol. The first-order chi connectivity index (χ1) is 13.0. The van der Waals surface area contributed by atoms with E-state index in [1.165, 1.54) is 5.56 Å². The standard InChI is InChI=1S/C22H22N2O3/c1-14-5-6-16(9-15(14)2)22(25)8-7-18-12-21(24-23-18)17-10-19(26-3)13-20(11-17)27-4/h5-13H,1-4H3,(H,23,24)/b8-7+. The van der Waals surface area contributed by atoms with Gasteiger partial charge in [0, 0.05) is 17.2 Å². The van der Waals surface area contributed by atoms with E-state index in [2.05, 4.69) is 10.2 Å². The lowest BCUT2D eigenvalue weighted by atomic mass is 10.0. The number of carbonyl (C=O) groups excluding carboxylic acids is 1. The second kappa shape index (κ2) is 7.91. The molecule has 0 unspecified atom stereocenters. The second-order valence-electron chi connectivity index (χ2n) is 6.31. The molecule has 0 aliphatic heterocycles. The van der Waals surface area contributed by atoms with Gasteiger partial charge in [-0.1, -0.05) is 12.1 Å². The molecule has 0 spiro atoms. The third kappa shape index (κ3) is 4.26. The van der Waals surface area contributed by atoms with E-state index in [1.54, 1.807) is 32.4 Å². The molecular formula is C22H22N2O3. The normalized spacial score (nSPS) is 11.0. The Balaban J connectivity index is 1.80. The molecule has 0 aliphatic rings.